The summed E-state index contributed by atoms with van der Waals surface area (Å²) < 4.78 is 59.0. The minimum absolute atomic E-state index is 0.00501. The van der Waals surface area contributed by atoms with Crippen molar-refractivity contribution < 1.29 is 21.6 Å². The van der Waals surface area contributed by atoms with Crippen LogP contribution >= 0.6 is 0 Å². The van der Waals surface area contributed by atoms with Crippen LogP contribution in [0.25, 0.3) is 0 Å². The minimum atomic E-state index is -3.45. The molecule has 3 aliphatic rings. The Morgan fingerprint density at radius 2 is 1.97 bits per heavy atom. The Kier molecular flexibility index (Phi) is 7.41. The van der Waals surface area contributed by atoms with Crippen LogP contribution in [-0.2, 0) is 26.5 Å². The molecule has 0 saturated carbocycles. The summed E-state index contributed by atoms with van der Waals surface area (Å²) in [4.78, 5) is 2.54. The zero-order valence-corrected chi connectivity index (χ0v) is 21.5. The summed E-state index contributed by atoms with van der Waals surface area (Å²) in [6, 6.07) is 6.60. The maximum Gasteiger partial charge on any atom is 0.214 e. The predicted molar refractivity (Wildman–Crippen MR) is 129 cm³/mol. The summed E-state index contributed by atoms with van der Waals surface area (Å²) in [5.41, 5.74) is 2.61. The number of hydrogen-bond donors (Lipinski definition) is 1. The third-order valence-corrected chi connectivity index (χ3v) is 9.76. The molecule has 4 rings (SSSR count). The second-order valence-corrected chi connectivity index (χ2v) is 13.8. The topological polar surface area (TPSA) is 96.0 Å². The van der Waals surface area contributed by atoms with E-state index in [1.165, 1.54) is 11.1 Å². The fourth-order valence-corrected chi connectivity index (χ4v) is 8.05. The molecule has 186 valence electrons. The third kappa shape index (κ3) is 5.90. The first-order valence-electron chi connectivity index (χ1n) is 12.0. The van der Waals surface area contributed by atoms with Gasteiger partial charge in [0.25, 0.3) is 0 Å². The van der Waals surface area contributed by atoms with Crippen molar-refractivity contribution in [2.24, 2.45) is 5.92 Å². The number of benzene rings is 1. The minimum Gasteiger partial charge on any atom is -0.491 e. The van der Waals surface area contributed by atoms with Crippen molar-refractivity contribution in [2.45, 2.75) is 64.1 Å². The number of hydrogen-bond acceptors (Lipinski definition) is 6. The zero-order chi connectivity index (χ0) is 23.8. The molecule has 0 bridgehead atoms. The lowest BCUT2D eigenvalue weighted by molar-refractivity contribution is 0.0219. The lowest BCUT2D eigenvalue weighted by Crippen LogP contribution is -2.57. The van der Waals surface area contributed by atoms with Crippen molar-refractivity contribution in [3.05, 3.63) is 29.3 Å². The van der Waals surface area contributed by atoms with Crippen molar-refractivity contribution in [1.29, 1.82) is 0 Å². The summed E-state index contributed by atoms with van der Waals surface area (Å²) in [6.45, 7) is 6.68. The number of ether oxygens (including phenoxy) is 1. The van der Waals surface area contributed by atoms with E-state index in [1.54, 1.807) is 4.31 Å². The zero-order valence-electron chi connectivity index (χ0n) is 19.9. The molecule has 0 spiro atoms. The molecule has 2 saturated heterocycles. The maximum absolute atomic E-state index is 13.2. The summed E-state index contributed by atoms with van der Waals surface area (Å²) in [5.74, 6) is 1.22. The Balaban J connectivity index is 1.49. The molecular formula is C23H37N3O5S2. The number of fused-ring (bicyclic) bond motifs is 4. The number of sulfonamides is 2. The first-order valence-corrected chi connectivity index (χ1v) is 15.5. The van der Waals surface area contributed by atoms with Crippen LogP contribution in [0.15, 0.2) is 18.2 Å². The van der Waals surface area contributed by atoms with E-state index < -0.39 is 20.0 Å². The van der Waals surface area contributed by atoms with Gasteiger partial charge in [0.15, 0.2) is 0 Å². The molecule has 1 aromatic carbocycles. The van der Waals surface area contributed by atoms with E-state index >= 15 is 0 Å². The van der Waals surface area contributed by atoms with Crippen molar-refractivity contribution in [3.63, 3.8) is 0 Å². The van der Waals surface area contributed by atoms with Gasteiger partial charge in [0.2, 0.25) is 20.0 Å². The van der Waals surface area contributed by atoms with Gasteiger partial charge in [0.1, 0.15) is 5.75 Å². The van der Waals surface area contributed by atoms with Gasteiger partial charge in [0.05, 0.1) is 18.1 Å². The molecular weight excluding hydrogens is 462 g/mol. The van der Waals surface area contributed by atoms with E-state index in [9.17, 15) is 16.8 Å². The Morgan fingerprint density at radius 1 is 1.18 bits per heavy atom. The maximum atomic E-state index is 13.2. The van der Waals surface area contributed by atoms with Gasteiger partial charge in [-0.05, 0) is 75.1 Å². The Bertz CT molecular complexity index is 1060. The SMILES string of the molecule is CC(C)Oc1ccc2c(c1)CCN1C[C@@H]3CCCN(S(=O)(=O)CCCNS(C)(=O)=O)[C@@H]3C[C@@H]21. The van der Waals surface area contributed by atoms with Gasteiger partial charge in [-0.15, -0.1) is 0 Å². The van der Waals surface area contributed by atoms with Gasteiger partial charge in [-0.25, -0.2) is 21.6 Å². The molecule has 33 heavy (non-hydrogen) atoms. The van der Waals surface area contributed by atoms with Crippen LogP contribution in [0.4, 0.5) is 0 Å². The van der Waals surface area contributed by atoms with Gasteiger partial charge in [0, 0.05) is 38.3 Å². The number of nitrogens with one attached hydrogen (secondary N) is 1. The molecule has 3 atom stereocenters. The molecule has 0 aromatic heterocycles. The second-order valence-electron chi connectivity index (χ2n) is 9.94. The van der Waals surface area contributed by atoms with Crippen LogP contribution in [0.3, 0.4) is 0 Å². The standard InChI is InChI=1S/C23H37N3O5S2/c1-17(2)31-20-7-8-21-18(14-20)9-12-25-16-19-6-4-11-26(22(19)15-23(21)25)33(29,30)13-5-10-24-32(3,27)28/h7-8,14,17,19,22-24H,4-6,9-13,15-16H2,1-3H3/t19-,22+,23-/m0/s1. The highest BCUT2D eigenvalue weighted by molar-refractivity contribution is 7.89. The summed E-state index contributed by atoms with van der Waals surface area (Å²) >= 11 is 0. The highest BCUT2D eigenvalue weighted by Gasteiger charge is 2.45. The Hall–Kier alpha value is -1.20. The van der Waals surface area contributed by atoms with Crippen LogP contribution in [-0.4, -0.2) is 76.4 Å². The highest BCUT2D eigenvalue weighted by Crippen LogP contribution is 2.44. The van der Waals surface area contributed by atoms with Crippen molar-refractivity contribution in [1.82, 2.24) is 13.9 Å². The number of piperidine rings is 2. The van der Waals surface area contributed by atoms with Crippen LogP contribution in [0.1, 0.15) is 56.7 Å². The van der Waals surface area contributed by atoms with E-state index in [-0.39, 0.29) is 36.9 Å². The smallest absolute Gasteiger partial charge is 0.214 e. The van der Waals surface area contributed by atoms with Gasteiger partial charge < -0.3 is 4.74 Å². The van der Waals surface area contributed by atoms with E-state index in [1.807, 2.05) is 19.9 Å². The fourth-order valence-electron chi connectivity index (χ4n) is 5.71. The van der Waals surface area contributed by atoms with Crippen LogP contribution < -0.4 is 9.46 Å². The summed E-state index contributed by atoms with van der Waals surface area (Å²) in [5, 5.41) is 0. The largest absolute Gasteiger partial charge is 0.491 e. The van der Waals surface area contributed by atoms with E-state index in [2.05, 4.69) is 21.8 Å². The van der Waals surface area contributed by atoms with Crippen molar-refractivity contribution >= 4 is 20.0 Å². The molecule has 0 amide bonds. The normalized spacial score (nSPS) is 26.5. The van der Waals surface area contributed by atoms with E-state index in [4.69, 9.17) is 4.74 Å². The lowest BCUT2D eigenvalue weighted by Gasteiger charge is -2.51. The second kappa shape index (κ2) is 9.81. The highest BCUT2D eigenvalue weighted by atomic mass is 32.2. The molecule has 0 radical (unpaired) electrons. The van der Waals surface area contributed by atoms with Gasteiger partial charge in [-0.1, -0.05) is 6.07 Å². The number of rotatable bonds is 8. The third-order valence-electron chi connectivity index (χ3n) is 7.06. The van der Waals surface area contributed by atoms with E-state index in [0.717, 1.165) is 50.8 Å². The number of nitrogens with zero attached hydrogens (tertiary/aromatic N) is 2. The van der Waals surface area contributed by atoms with Gasteiger partial charge >= 0.3 is 0 Å². The quantitative estimate of drug-likeness (QED) is 0.551. The molecule has 8 nitrogen and oxygen atoms in total. The summed E-state index contributed by atoms with van der Waals surface area (Å²) in [7, 11) is -6.76. The van der Waals surface area contributed by atoms with Crippen LogP contribution in [0.5, 0.6) is 5.75 Å². The molecule has 1 N–H and O–H groups in total. The molecule has 3 aliphatic heterocycles. The molecule has 2 fully saturated rings. The first kappa shape index (κ1) is 24.9. The van der Waals surface area contributed by atoms with Gasteiger partial charge in [-0.2, -0.15) is 4.31 Å². The molecule has 0 unspecified atom stereocenters. The average Bonchev–Trinajstić information content (AvgIpc) is 2.73. The lowest BCUT2D eigenvalue weighted by atomic mass is 9.77. The summed E-state index contributed by atoms with van der Waals surface area (Å²) in [6.07, 6.45) is 5.24. The van der Waals surface area contributed by atoms with E-state index in [0.29, 0.717) is 12.5 Å². The monoisotopic (exact) mass is 499 g/mol. The Labute approximate surface area is 198 Å². The van der Waals surface area contributed by atoms with Gasteiger partial charge in [-0.3, -0.25) is 4.90 Å². The van der Waals surface area contributed by atoms with Crippen LogP contribution in [0, 0.1) is 5.92 Å². The fraction of sp³-hybridized carbons (Fsp3) is 0.739. The van der Waals surface area contributed by atoms with Crippen molar-refractivity contribution in [2.75, 3.05) is 38.2 Å². The molecule has 3 heterocycles. The predicted octanol–water partition coefficient (Wildman–Crippen LogP) is 2.13. The van der Waals surface area contributed by atoms with Crippen molar-refractivity contribution in [3.8, 4) is 5.75 Å². The van der Waals surface area contributed by atoms with Crippen LogP contribution in [0.2, 0.25) is 0 Å². The molecule has 10 heteroatoms. The molecule has 0 aliphatic carbocycles. The Morgan fingerprint density at radius 3 is 2.70 bits per heavy atom. The first-order chi connectivity index (χ1) is 15.5. The average molecular weight is 500 g/mol. The molecule has 1 aromatic rings.